The van der Waals surface area contributed by atoms with Gasteiger partial charge in [-0.1, -0.05) is 12.1 Å². The van der Waals surface area contributed by atoms with Crippen LogP contribution in [0.15, 0.2) is 24.3 Å². The first-order valence-corrected chi connectivity index (χ1v) is 6.67. The molecule has 1 aliphatic rings. The summed E-state index contributed by atoms with van der Waals surface area (Å²) in [6, 6.07) is 7.90. The minimum atomic E-state index is 0.00445. The Morgan fingerprint density at radius 3 is 2.95 bits per heavy atom. The molecule has 0 atom stereocenters. The van der Waals surface area contributed by atoms with Crippen molar-refractivity contribution in [1.82, 2.24) is 9.55 Å². The molecule has 100 valence electrons. The number of nitrogens with zero attached hydrogens (tertiary/aromatic N) is 2. The summed E-state index contributed by atoms with van der Waals surface area (Å²) in [6.45, 7) is 0.972. The van der Waals surface area contributed by atoms with Gasteiger partial charge in [-0.25, -0.2) is 4.98 Å². The minimum absolute atomic E-state index is 0.00445. The molecular weight excluding hydrogens is 240 g/mol. The van der Waals surface area contributed by atoms with Crippen molar-refractivity contribution in [2.45, 2.75) is 32.4 Å². The lowest BCUT2D eigenvalue weighted by atomic mass is 10.1. The molecule has 4 nitrogen and oxygen atoms in total. The van der Waals surface area contributed by atoms with Gasteiger partial charge in [-0.05, 0) is 31.4 Å². The number of hydrogen-bond donors (Lipinski definition) is 1. The molecule has 4 heteroatoms. The van der Waals surface area contributed by atoms with E-state index >= 15 is 0 Å². The number of ether oxygens (including phenoxy) is 1. The van der Waals surface area contributed by atoms with Crippen LogP contribution in [0.1, 0.15) is 24.2 Å². The van der Waals surface area contributed by atoms with Gasteiger partial charge in [0.1, 0.15) is 11.6 Å². The van der Waals surface area contributed by atoms with Crippen LogP contribution in [0.3, 0.4) is 0 Å². The van der Waals surface area contributed by atoms with E-state index in [2.05, 4.69) is 9.55 Å². The van der Waals surface area contributed by atoms with Crippen molar-refractivity contribution in [3.8, 4) is 17.1 Å². The third-order valence-corrected chi connectivity index (χ3v) is 3.70. The predicted octanol–water partition coefficient (Wildman–Crippen LogP) is 2.39. The summed E-state index contributed by atoms with van der Waals surface area (Å²) < 4.78 is 7.65. The van der Waals surface area contributed by atoms with E-state index in [0.717, 1.165) is 42.2 Å². The quantitative estimate of drug-likeness (QED) is 0.919. The van der Waals surface area contributed by atoms with Crippen molar-refractivity contribution in [2.24, 2.45) is 0 Å². The molecule has 0 spiro atoms. The lowest BCUT2D eigenvalue weighted by Crippen LogP contribution is -2.12. The average Bonchev–Trinajstić information content (AvgIpc) is 2.86. The monoisotopic (exact) mass is 258 g/mol. The van der Waals surface area contributed by atoms with Crippen LogP contribution in [0.2, 0.25) is 0 Å². The highest BCUT2D eigenvalue weighted by Crippen LogP contribution is 2.32. The van der Waals surface area contributed by atoms with Gasteiger partial charge in [-0.3, -0.25) is 0 Å². The number of aromatic nitrogens is 2. The molecule has 2 aromatic rings. The molecule has 2 heterocycles. The second kappa shape index (κ2) is 5.05. The predicted molar refractivity (Wildman–Crippen MR) is 73.1 cm³/mol. The van der Waals surface area contributed by atoms with Crippen molar-refractivity contribution >= 4 is 0 Å². The number of benzene rings is 1. The van der Waals surface area contributed by atoms with Crippen LogP contribution >= 0.6 is 0 Å². The second-order valence-electron chi connectivity index (χ2n) is 4.80. The molecule has 0 amide bonds. The minimum Gasteiger partial charge on any atom is -0.496 e. The van der Waals surface area contributed by atoms with Gasteiger partial charge in [-0.2, -0.15) is 0 Å². The Morgan fingerprint density at radius 1 is 1.32 bits per heavy atom. The van der Waals surface area contributed by atoms with E-state index in [-0.39, 0.29) is 6.61 Å². The summed E-state index contributed by atoms with van der Waals surface area (Å²) in [4.78, 5) is 4.62. The zero-order valence-electron chi connectivity index (χ0n) is 11.1. The van der Waals surface area contributed by atoms with Crippen molar-refractivity contribution in [1.29, 1.82) is 0 Å². The Balaban J connectivity index is 2.17. The normalized spacial score (nSPS) is 14.2. The summed E-state index contributed by atoms with van der Waals surface area (Å²) >= 11 is 0. The number of aliphatic hydroxyl groups excluding tert-OH is 1. The van der Waals surface area contributed by atoms with Crippen LogP contribution in [0, 0.1) is 0 Å². The largest absolute Gasteiger partial charge is 0.496 e. The molecule has 19 heavy (non-hydrogen) atoms. The van der Waals surface area contributed by atoms with E-state index in [0.29, 0.717) is 0 Å². The smallest absolute Gasteiger partial charge is 0.144 e. The van der Waals surface area contributed by atoms with E-state index < -0.39 is 0 Å². The third-order valence-electron chi connectivity index (χ3n) is 3.70. The average molecular weight is 258 g/mol. The van der Waals surface area contributed by atoms with Gasteiger partial charge in [-0.15, -0.1) is 0 Å². The van der Waals surface area contributed by atoms with E-state index in [1.807, 2.05) is 24.3 Å². The number of fused-ring (bicyclic) bond motifs is 1. The van der Waals surface area contributed by atoms with Crippen molar-refractivity contribution in [2.75, 3.05) is 7.11 Å². The first-order valence-electron chi connectivity index (χ1n) is 6.67. The maximum absolute atomic E-state index is 9.47. The van der Waals surface area contributed by atoms with Gasteiger partial charge in [0.2, 0.25) is 0 Å². The third kappa shape index (κ3) is 2.02. The Labute approximate surface area is 112 Å². The zero-order valence-corrected chi connectivity index (χ0v) is 11.1. The standard InChI is InChI=1S/C15H18N2O2/c1-19-14-8-3-2-6-11(14)15-16-12(10-18)13-7-4-5-9-17(13)15/h2-3,6,8,18H,4-5,7,9-10H2,1H3. The van der Waals surface area contributed by atoms with Gasteiger partial charge in [0, 0.05) is 12.2 Å². The number of imidazole rings is 1. The van der Waals surface area contributed by atoms with E-state index in [4.69, 9.17) is 4.74 Å². The summed E-state index contributed by atoms with van der Waals surface area (Å²) in [7, 11) is 1.67. The molecule has 0 saturated carbocycles. The highest BCUT2D eigenvalue weighted by molar-refractivity contribution is 5.65. The Morgan fingerprint density at radius 2 is 2.16 bits per heavy atom. The molecule has 0 aliphatic carbocycles. The fourth-order valence-electron chi connectivity index (χ4n) is 2.78. The molecule has 3 rings (SSSR count). The fourth-order valence-corrected chi connectivity index (χ4v) is 2.78. The molecule has 1 aromatic carbocycles. The van der Waals surface area contributed by atoms with Gasteiger partial charge < -0.3 is 14.4 Å². The highest BCUT2D eigenvalue weighted by Gasteiger charge is 2.21. The fraction of sp³-hybridized carbons (Fsp3) is 0.400. The number of hydrogen-bond acceptors (Lipinski definition) is 3. The molecule has 1 N–H and O–H groups in total. The highest BCUT2D eigenvalue weighted by atomic mass is 16.5. The number of methoxy groups -OCH3 is 1. The second-order valence-corrected chi connectivity index (χ2v) is 4.80. The Kier molecular flexibility index (Phi) is 3.25. The lowest BCUT2D eigenvalue weighted by Gasteiger charge is -2.18. The van der Waals surface area contributed by atoms with Gasteiger partial charge in [0.25, 0.3) is 0 Å². The van der Waals surface area contributed by atoms with Crippen LogP contribution in [-0.4, -0.2) is 21.8 Å². The van der Waals surface area contributed by atoms with Crippen LogP contribution in [-0.2, 0) is 19.6 Å². The molecule has 0 saturated heterocycles. The van der Waals surface area contributed by atoms with Crippen molar-refractivity contribution in [3.05, 3.63) is 35.7 Å². The maximum atomic E-state index is 9.47. The first kappa shape index (κ1) is 12.2. The van der Waals surface area contributed by atoms with Crippen LogP contribution < -0.4 is 4.74 Å². The number of rotatable bonds is 3. The topological polar surface area (TPSA) is 47.3 Å². The number of aliphatic hydroxyl groups is 1. The molecular formula is C15H18N2O2. The van der Waals surface area contributed by atoms with Gasteiger partial charge >= 0.3 is 0 Å². The van der Waals surface area contributed by atoms with Gasteiger partial charge in [0.05, 0.1) is 25.0 Å². The van der Waals surface area contributed by atoms with Crippen molar-refractivity contribution < 1.29 is 9.84 Å². The molecule has 0 bridgehead atoms. The van der Waals surface area contributed by atoms with Crippen LogP contribution in [0.25, 0.3) is 11.4 Å². The van der Waals surface area contributed by atoms with Gasteiger partial charge in [0.15, 0.2) is 0 Å². The van der Waals surface area contributed by atoms with E-state index in [1.165, 1.54) is 12.1 Å². The SMILES string of the molecule is COc1ccccc1-c1nc(CO)c2n1CCCC2. The summed E-state index contributed by atoms with van der Waals surface area (Å²) in [5, 5.41) is 9.47. The maximum Gasteiger partial charge on any atom is 0.144 e. The Hall–Kier alpha value is -1.81. The Bertz CT molecular complexity index is 590. The van der Waals surface area contributed by atoms with Crippen LogP contribution in [0.4, 0.5) is 0 Å². The lowest BCUT2D eigenvalue weighted by molar-refractivity contribution is 0.275. The molecule has 1 aromatic heterocycles. The van der Waals surface area contributed by atoms with Crippen molar-refractivity contribution in [3.63, 3.8) is 0 Å². The summed E-state index contributed by atoms with van der Waals surface area (Å²) in [5.74, 6) is 1.74. The molecule has 0 radical (unpaired) electrons. The molecule has 0 unspecified atom stereocenters. The zero-order chi connectivity index (χ0) is 13.2. The van der Waals surface area contributed by atoms with Crippen LogP contribution in [0.5, 0.6) is 5.75 Å². The van der Waals surface area contributed by atoms with E-state index in [9.17, 15) is 5.11 Å². The van der Waals surface area contributed by atoms with E-state index in [1.54, 1.807) is 7.11 Å². The first-order chi connectivity index (χ1) is 9.35. The summed E-state index contributed by atoms with van der Waals surface area (Å²) in [5.41, 5.74) is 2.98. The summed E-state index contributed by atoms with van der Waals surface area (Å²) in [6.07, 6.45) is 3.33. The number of para-hydroxylation sites is 1. The molecule has 0 fully saturated rings. The molecule has 1 aliphatic heterocycles.